The van der Waals surface area contributed by atoms with Crippen molar-refractivity contribution in [3.8, 4) is 0 Å². The molecule has 0 aromatic heterocycles. The number of aryl methyl sites for hydroxylation is 1. The van der Waals surface area contributed by atoms with Crippen LogP contribution in [0.5, 0.6) is 0 Å². The second-order valence-corrected chi connectivity index (χ2v) is 11.6. The molecule has 1 aliphatic rings. The number of aliphatic hydroxyl groups excluding tert-OH is 2. The third-order valence-electron chi connectivity index (χ3n) is 7.63. The lowest BCUT2D eigenvalue weighted by Crippen LogP contribution is -2.34. The van der Waals surface area contributed by atoms with Gasteiger partial charge >= 0.3 is 5.97 Å². The lowest BCUT2D eigenvalue weighted by Gasteiger charge is -2.42. The molecule has 196 valence electrons. The zero-order valence-corrected chi connectivity index (χ0v) is 22.8. The van der Waals surface area contributed by atoms with Crippen LogP contribution in [0, 0.1) is 0 Å². The predicted molar refractivity (Wildman–Crippen MR) is 148 cm³/mol. The van der Waals surface area contributed by atoms with Crippen molar-refractivity contribution in [1.82, 2.24) is 0 Å². The van der Waals surface area contributed by atoms with Crippen LogP contribution in [0.3, 0.4) is 0 Å². The van der Waals surface area contributed by atoms with Crippen LogP contribution in [0.15, 0.2) is 36.4 Å². The van der Waals surface area contributed by atoms with E-state index in [1.54, 1.807) is 12.1 Å². The van der Waals surface area contributed by atoms with Crippen molar-refractivity contribution < 1.29 is 19.7 Å². The van der Waals surface area contributed by atoms with Gasteiger partial charge in [0.25, 0.3) is 0 Å². The van der Waals surface area contributed by atoms with E-state index < -0.39 is 18.7 Å². The van der Waals surface area contributed by atoms with Crippen LogP contribution < -0.4 is 0 Å². The lowest BCUT2D eigenvalue weighted by atomic mass is 9.62. The Kier molecular flexibility index (Phi) is 9.54. The minimum atomic E-state index is -1.06. The summed E-state index contributed by atoms with van der Waals surface area (Å²) in [5.41, 5.74) is 7.49. The number of hydrogen-bond acceptors (Lipinski definition) is 4. The van der Waals surface area contributed by atoms with E-state index in [0.717, 1.165) is 12.0 Å². The van der Waals surface area contributed by atoms with Crippen LogP contribution in [0.2, 0.25) is 0 Å². The van der Waals surface area contributed by atoms with Gasteiger partial charge in [0, 0.05) is 0 Å². The van der Waals surface area contributed by atoms with Gasteiger partial charge in [0.15, 0.2) is 0 Å². The van der Waals surface area contributed by atoms with Gasteiger partial charge in [-0.15, -0.1) is 0 Å². The maximum atomic E-state index is 12.2. The number of carbonyl (C=O) groups excluding carboxylic acids is 1. The maximum Gasteiger partial charge on any atom is 0.338 e. The number of benzene rings is 2. The summed E-state index contributed by atoms with van der Waals surface area (Å²) in [5.74, 6) is -0.507. The third-order valence-corrected chi connectivity index (χ3v) is 7.63. The van der Waals surface area contributed by atoms with E-state index in [1.165, 1.54) is 60.8 Å². The Morgan fingerprint density at radius 3 is 2.22 bits per heavy atom. The number of hydrogen-bond donors (Lipinski definition) is 2. The second kappa shape index (κ2) is 12.2. The average Bonchev–Trinajstić information content (AvgIpc) is 2.86. The monoisotopic (exact) mass is 492 g/mol. The predicted octanol–water partition coefficient (Wildman–Crippen LogP) is 6.84. The largest absolute Gasteiger partial charge is 0.459 e. The average molecular weight is 493 g/mol. The van der Waals surface area contributed by atoms with Crippen molar-refractivity contribution in [3.05, 3.63) is 69.8 Å². The summed E-state index contributed by atoms with van der Waals surface area (Å²) < 4.78 is 5.04. The highest BCUT2D eigenvalue weighted by Crippen LogP contribution is 2.47. The van der Waals surface area contributed by atoms with Crippen LogP contribution in [-0.4, -0.2) is 35.5 Å². The summed E-state index contributed by atoms with van der Waals surface area (Å²) in [4.78, 5) is 12.2. The molecule has 1 atom stereocenters. The molecule has 4 nitrogen and oxygen atoms in total. The topological polar surface area (TPSA) is 66.8 Å². The zero-order chi connectivity index (χ0) is 26.3. The standard InChI is InChI=1S/C32H44O4/c1-6-7-8-9-10-25-19-28-29(32(4,5)18-17-31(28,2)3)20-26(25)16-13-23-11-14-24(15-12-23)30(35)36-22-27(34)21-33/h11-16,19-20,27,33-34H,6-10,17-18,21-22H2,1-5H3. The molecule has 0 amide bonds. The van der Waals surface area contributed by atoms with Crippen molar-refractivity contribution in [2.45, 2.75) is 96.5 Å². The van der Waals surface area contributed by atoms with Gasteiger partial charge < -0.3 is 14.9 Å². The van der Waals surface area contributed by atoms with Gasteiger partial charge in [0.05, 0.1) is 12.2 Å². The highest BCUT2D eigenvalue weighted by molar-refractivity contribution is 5.89. The van der Waals surface area contributed by atoms with Crippen LogP contribution in [0.1, 0.15) is 111 Å². The quantitative estimate of drug-likeness (QED) is 0.205. The van der Waals surface area contributed by atoms with Crippen molar-refractivity contribution in [2.75, 3.05) is 13.2 Å². The summed E-state index contributed by atoms with van der Waals surface area (Å²) >= 11 is 0. The molecule has 0 fully saturated rings. The van der Waals surface area contributed by atoms with E-state index >= 15 is 0 Å². The number of esters is 1. The van der Waals surface area contributed by atoms with E-state index in [4.69, 9.17) is 9.84 Å². The van der Waals surface area contributed by atoms with Crippen LogP contribution in [0.4, 0.5) is 0 Å². The van der Waals surface area contributed by atoms with E-state index in [-0.39, 0.29) is 17.4 Å². The Labute approximate surface area is 217 Å². The van der Waals surface area contributed by atoms with Crippen LogP contribution >= 0.6 is 0 Å². The third kappa shape index (κ3) is 7.08. The summed E-state index contributed by atoms with van der Waals surface area (Å²) in [6.07, 6.45) is 11.8. The van der Waals surface area contributed by atoms with Crippen molar-refractivity contribution in [3.63, 3.8) is 0 Å². The van der Waals surface area contributed by atoms with Crippen molar-refractivity contribution >= 4 is 18.1 Å². The van der Waals surface area contributed by atoms with Gasteiger partial charge in [0.1, 0.15) is 12.7 Å². The fraction of sp³-hybridized carbons (Fsp3) is 0.531. The molecule has 0 saturated heterocycles. The summed E-state index contributed by atoms with van der Waals surface area (Å²) in [5, 5.41) is 18.2. The van der Waals surface area contributed by atoms with Crippen LogP contribution in [-0.2, 0) is 22.0 Å². The molecule has 2 aromatic carbocycles. The van der Waals surface area contributed by atoms with Crippen molar-refractivity contribution in [2.24, 2.45) is 0 Å². The highest BCUT2D eigenvalue weighted by Gasteiger charge is 2.37. The number of carbonyl (C=O) groups is 1. The van der Waals surface area contributed by atoms with Crippen molar-refractivity contribution in [1.29, 1.82) is 0 Å². The molecular weight excluding hydrogens is 448 g/mol. The molecule has 0 spiro atoms. The number of aliphatic hydroxyl groups is 2. The van der Waals surface area contributed by atoms with E-state index in [1.807, 2.05) is 12.1 Å². The first-order valence-electron chi connectivity index (χ1n) is 13.5. The minimum Gasteiger partial charge on any atom is -0.459 e. The van der Waals surface area contributed by atoms with E-state index in [9.17, 15) is 9.90 Å². The molecule has 3 rings (SSSR count). The van der Waals surface area contributed by atoms with Gasteiger partial charge in [0.2, 0.25) is 0 Å². The molecular formula is C32H44O4. The fourth-order valence-electron chi connectivity index (χ4n) is 5.01. The SMILES string of the molecule is CCCCCCc1cc2c(cc1C=Cc1ccc(C(=O)OCC(O)CO)cc1)C(C)(C)CCC2(C)C. The Bertz CT molecular complexity index is 1050. The second-order valence-electron chi connectivity index (χ2n) is 11.6. The van der Waals surface area contributed by atoms with E-state index in [2.05, 4.69) is 58.9 Å². The summed E-state index contributed by atoms with van der Waals surface area (Å²) in [6.45, 7) is 11.1. The molecule has 0 bridgehead atoms. The normalized spacial score (nSPS) is 17.1. The van der Waals surface area contributed by atoms with Gasteiger partial charge in [-0.25, -0.2) is 4.79 Å². The zero-order valence-electron chi connectivity index (χ0n) is 22.8. The lowest BCUT2D eigenvalue weighted by molar-refractivity contribution is 0.00933. The molecule has 0 aliphatic heterocycles. The number of ether oxygens (including phenoxy) is 1. The molecule has 1 unspecified atom stereocenters. The first kappa shape index (κ1) is 28.1. The highest BCUT2D eigenvalue weighted by atomic mass is 16.5. The molecule has 1 aliphatic carbocycles. The molecule has 4 heteroatoms. The van der Waals surface area contributed by atoms with Gasteiger partial charge in [-0.2, -0.15) is 0 Å². The number of fused-ring (bicyclic) bond motifs is 1. The summed E-state index contributed by atoms with van der Waals surface area (Å²) in [6, 6.07) is 12.2. The van der Waals surface area contributed by atoms with Gasteiger partial charge in [-0.05, 0) is 76.5 Å². The maximum absolute atomic E-state index is 12.2. The first-order valence-corrected chi connectivity index (χ1v) is 13.5. The minimum absolute atomic E-state index is 0.166. The van der Waals surface area contributed by atoms with Gasteiger partial charge in [-0.1, -0.05) is 90.3 Å². The Morgan fingerprint density at radius 1 is 0.972 bits per heavy atom. The molecule has 2 aromatic rings. The Morgan fingerprint density at radius 2 is 1.61 bits per heavy atom. The number of rotatable bonds is 11. The molecule has 0 saturated carbocycles. The molecule has 36 heavy (non-hydrogen) atoms. The molecule has 0 heterocycles. The number of unbranched alkanes of at least 4 members (excludes halogenated alkanes) is 3. The Balaban J connectivity index is 1.86. The molecule has 0 radical (unpaired) electrons. The van der Waals surface area contributed by atoms with Gasteiger partial charge in [-0.3, -0.25) is 0 Å². The molecule has 2 N–H and O–H groups in total. The Hall–Kier alpha value is -2.43. The smallest absolute Gasteiger partial charge is 0.338 e. The summed E-state index contributed by atoms with van der Waals surface area (Å²) in [7, 11) is 0. The van der Waals surface area contributed by atoms with E-state index in [0.29, 0.717) is 5.56 Å². The fourth-order valence-corrected chi connectivity index (χ4v) is 5.01. The van der Waals surface area contributed by atoms with Crippen LogP contribution in [0.25, 0.3) is 12.2 Å². The first-order chi connectivity index (χ1) is 17.1.